The minimum absolute atomic E-state index is 0.0498. The van der Waals surface area contributed by atoms with Gasteiger partial charge in [-0.2, -0.15) is 5.26 Å². The van der Waals surface area contributed by atoms with Crippen LogP contribution in [0.5, 0.6) is 0 Å². The summed E-state index contributed by atoms with van der Waals surface area (Å²) in [7, 11) is 0. The van der Waals surface area contributed by atoms with Crippen LogP contribution in [0.25, 0.3) is 0 Å². The molecule has 84 valence electrons. The van der Waals surface area contributed by atoms with Crippen LogP contribution in [0, 0.1) is 17.1 Å². The zero-order valence-corrected chi connectivity index (χ0v) is 8.17. The number of aliphatic hydroxyl groups excluding tert-OH is 2. The van der Waals surface area contributed by atoms with Gasteiger partial charge < -0.3 is 10.2 Å². The van der Waals surface area contributed by atoms with Gasteiger partial charge in [0, 0.05) is 0 Å². The van der Waals surface area contributed by atoms with E-state index in [2.05, 4.69) is 4.98 Å². The van der Waals surface area contributed by atoms with Crippen molar-refractivity contribution in [3.63, 3.8) is 0 Å². The number of hydrogen-bond acceptors (Lipinski definition) is 5. The summed E-state index contributed by atoms with van der Waals surface area (Å²) in [5, 5.41) is 27.2. The number of aliphatic hydroxyl groups is 2. The third kappa shape index (κ3) is 2.59. The van der Waals surface area contributed by atoms with E-state index >= 15 is 0 Å². The second-order valence-corrected chi connectivity index (χ2v) is 3.12. The molecule has 0 amide bonds. The van der Waals surface area contributed by atoms with Crippen LogP contribution in [0.2, 0.25) is 0 Å². The van der Waals surface area contributed by atoms with Crippen LogP contribution < -0.4 is 0 Å². The zero-order valence-electron chi connectivity index (χ0n) is 8.17. The molecule has 0 aliphatic carbocycles. The number of carbonyl (C=O) groups is 1. The van der Waals surface area contributed by atoms with E-state index in [1.165, 1.54) is 0 Å². The van der Waals surface area contributed by atoms with E-state index in [1.807, 2.05) is 0 Å². The zero-order chi connectivity index (χ0) is 12.1. The molecular weight excluding hydrogens is 215 g/mol. The number of aromatic nitrogens is 1. The molecule has 16 heavy (non-hydrogen) atoms. The molecule has 0 fully saturated rings. The first-order valence-corrected chi connectivity index (χ1v) is 4.44. The molecule has 6 heteroatoms. The molecule has 0 aliphatic rings. The fourth-order valence-corrected chi connectivity index (χ4v) is 1.13. The van der Waals surface area contributed by atoms with Crippen molar-refractivity contribution >= 4 is 6.29 Å². The number of rotatable bonds is 4. The smallest absolute Gasteiger partial charge is 0.153 e. The predicted molar refractivity (Wildman–Crippen MR) is 50.8 cm³/mol. The van der Waals surface area contributed by atoms with E-state index in [1.54, 1.807) is 6.07 Å². The van der Waals surface area contributed by atoms with Gasteiger partial charge in [-0.25, -0.2) is 4.39 Å². The first-order valence-electron chi connectivity index (χ1n) is 4.44. The highest BCUT2D eigenvalue weighted by Crippen LogP contribution is 2.18. The van der Waals surface area contributed by atoms with Crippen molar-refractivity contribution in [3.8, 4) is 6.07 Å². The van der Waals surface area contributed by atoms with Gasteiger partial charge in [0.05, 0.1) is 36.0 Å². The fourth-order valence-electron chi connectivity index (χ4n) is 1.13. The molecule has 0 aliphatic heterocycles. The summed E-state index contributed by atoms with van der Waals surface area (Å²) in [6, 6.07) is 2.71. The van der Waals surface area contributed by atoms with E-state index in [0.717, 1.165) is 12.3 Å². The Labute approximate surface area is 90.8 Å². The summed E-state index contributed by atoms with van der Waals surface area (Å²) in [6.07, 6.45) is -1.96. The van der Waals surface area contributed by atoms with Crippen LogP contribution >= 0.6 is 0 Å². The third-order valence-electron chi connectivity index (χ3n) is 2.00. The molecule has 5 nitrogen and oxygen atoms in total. The van der Waals surface area contributed by atoms with E-state index < -0.39 is 18.0 Å². The van der Waals surface area contributed by atoms with Crippen molar-refractivity contribution in [1.29, 1.82) is 5.26 Å². The molecule has 0 aromatic carbocycles. The molecule has 0 spiro atoms. The molecule has 1 aromatic rings. The predicted octanol–water partition coefficient (Wildman–Crippen LogP) is 0.341. The van der Waals surface area contributed by atoms with E-state index in [0.29, 0.717) is 0 Å². The number of nitrogens with zero attached hydrogens (tertiary/aromatic N) is 2. The summed E-state index contributed by atoms with van der Waals surface area (Å²) in [6.45, 7) is 0. The van der Waals surface area contributed by atoms with Crippen molar-refractivity contribution in [1.82, 2.24) is 4.98 Å². The summed E-state index contributed by atoms with van der Waals surface area (Å²) in [4.78, 5) is 14.0. The largest absolute Gasteiger partial charge is 0.389 e. The average molecular weight is 224 g/mol. The highest BCUT2D eigenvalue weighted by Gasteiger charge is 2.20. The summed E-state index contributed by atoms with van der Waals surface area (Å²) in [5.74, 6) is -0.805. The molecule has 2 atom stereocenters. The van der Waals surface area contributed by atoms with Crippen molar-refractivity contribution in [2.45, 2.75) is 18.6 Å². The van der Waals surface area contributed by atoms with Gasteiger partial charge in [-0.05, 0) is 6.07 Å². The lowest BCUT2D eigenvalue weighted by Crippen LogP contribution is -2.19. The summed E-state index contributed by atoms with van der Waals surface area (Å²) >= 11 is 0. The minimum Gasteiger partial charge on any atom is -0.389 e. The van der Waals surface area contributed by atoms with Gasteiger partial charge in [0.15, 0.2) is 12.1 Å². The maximum Gasteiger partial charge on any atom is 0.153 e. The van der Waals surface area contributed by atoms with Crippen molar-refractivity contribution in [3.05, 3.63) is 29.3 Å². The highest BCUT2D eigenvalue weighted by molar-refractivity contribution is 5.75. The Balaban J connectivity index is 2.96. The fraction of sp³-hybridized carbons (Fsp3) is 0.300. The molecule has 0 bridgehead atoms. The van der Waals surface area contributed by atoms with E-state index in [-0.39, 0.29) is 24.0 Å². The monoisotopic (exact) mass is 224 g/mol. The topological polar surface area (TPSA) is 94.2 Å². The second-order valence-electron chi connectivity index (χ2n) is 3.12. The van der Waals surface area contributed by atoms with Crippen LogP contribution in [0.15, 0.2) is 12.3 Å². The molecule has 0 saturated carbocycles. The molecule has 1 heterocycles. The van der Waals surface area contributed by atoms with Crippen LogP contribution in [0.1, 0.15) is 28.6 Å². The molecule has 0 saturated heterocycles. The van der Waals surface area contributed by atoms with Gasteiger partial charge >= 0.3 is 0 Å². The standard InChI is InChI=1S/C10H9FN2O3/c11-7-4-13-8(3-6(7)5-14)10(16)9(15)1-2-12/h3-5,9-10,15-16H,1H2. The lowest BCUT2D eigenvalue weighted by atomic mass is 10.1. The number of hydrogen-bond donors (Lipinski definition) is 2. The molecule has 0 radical (unpaired) electrons. The van der Waals surface area contributed by atoms with Gasteiger partial charge in [0.1, 0.15) is 6.10 Å². The Bertz CT molecular complexity index is 431. The Morgan fingerprint density at radius 3 is 2.88 bits per heavy atom. The second kappa shape index (κ2) is 5.30. The first-order chi connectivity index (χ1) is 7.60. The SMILES string of the molecule is N#CCC(O)C(O)c1cc(C=O)c(F)cn1. The molecular formula is C10H9FN2O3. The number of aldehydes is 1. The lowest BCUT2D eigenvalue weighted by Gasteiger charge is -2.14. The van der Waals surface area contributed by atoms with Crippen molar-refractivity contribution in [2.75, 3.05) is 0 Å². The molecule has 2 unspecified atom stereocenters. The number of nitriles is 1. The summed E-state index contributed by atoms with van der Waals surface area (Å²) in [5.41, 5.74) is -0.306. The maximum atomic E-state index is 12.9. The highest BCUT2D eigenvalue weighted by atomic mass is 19.1. The minimum atomic E-state index is -1.42. The summed E-state index contributed by atoms with van der Waals surface area (Å²) < 4.78 is 12.9. The van der Waals surface area contributed by atoms with Gasteiger partial charge in [-0.1, -0.05) is 0 Å². The van der Waals surface area contributed by atoms with E-state index in [4.69, 9.17) is 5.26 Å². The Morgan fingerprint density at radius 2 is 2.31 bits per heavy atom. The Morgan fingerprint density at radius 1 is 1.62 bits per heavy atom. The van der Waals surface area contributed by atoms with Crippen LogP contribution in [-0.2, 0) is 0 Å². The molecule has 1 aromatic heterocycles. The van der Waals surface area contributed by atoms with Crippen molar-refractivity contribution < 1.29 is 19.4 Å². The lowest BCUT2D eigenvalue weighted by molar-refractivity contribution is 0.0189. The number of carbonyl (C=O) groups excluding carboxylic acids is 1. The van der Waals surface area contributed by atoms with Gasteiger partial charge in [-0.3, -0.25) is 9.78 Å². The number of pyridine rings is 1. The van der Waals surface area contributed by atoms with Crippen LogP contribution in [0.3, 0.4) is 0 Å². The van der Waals surface area contributed by atoms with Gasteiger partial charge in [-0.15, -0.1) is 0 Å². The maximum absolute atomic E-state index is 12.9. The third-order valence-corrected chi connectivity index (χ3v) is 2.00. The van der Waals surface area contributed by atoms with E-state index in [9.17, 15) is 19.4 Å². The van der Waals surface area contributed by atoms with Crippen LogP contribution in [0.4, 0.5) is 4.39 Å². The van der Waals surface area contributed by atoms with Gasteiger partial charge in [0.2, 0.25) is 0 Å². The average Bonchev–Trinajstić information content (AvgIpc) is 2.29. The number of halogens is 1. The Hall–Kier alpha value is -1.84. The normalized spacial score (nSPS) is 13.9. The van der Waals surface area contributed by atoms with Gasteiger partial charge in [0.25, 0.3) is 0 Å². The van der Waals surface area contributed by atoms with Crippen molar-refractivity contribution in [2.24, 2.45) is 0 Å². The van der Waals surface area contributed by atoms with Crippen LogP contribution in [-0.4, -0.2) is 27.6 Å². The quantitative estimate of drug-likeness (QED) is 0.719. The first kappa shape index (κ1) is 12.2. The molecule has 2 N–H and O–H groups in total. The molecule has 1 rings (SSSR count). The Kier molecular flexibility index (Phi) is 4.05.